The number of aryl methyl sites for hydroxylation is 2. The standard InChI is InChI=1S/C14H17N5S/c1-3-8-19-12-7-5-4-6-11(12)16-13(19)9-15-14-18-17-10(2)20-14/h4-7H,3,8-9H2,1-2H3,(H,15,18). The van der Waals surface area contributed by atoms with Gasteiger partial charge in [-0.1, -0.05) is 30.4 Å². The number of imidazole rings is 1. The summed E-state index contributed by atoms with van der Waals surface area (Å²) in [6.45, 7) is 5.78. The SMILES string of the molecule is CCCn1c(CNc2nnc(C)s2)nc2ccccc21. The Kier molecular flexibility index (Phi) is 3.64. The van der Waals surface area contributed by atoms with E-state index in [-0.39, 0.29) is 0 Å². The van der Waals surface area contributed by atoms with Crippen LogP contribution in [0.15, 0.2) is 24.3 Å². The zero-order chi connectivity index (χ0) is 13.9. The lowest BCUT2D eigenvalue weighted by molar-refractivity contribution is 0.661. The molecule has 6 heteroatoms. The van der Waals surface area contributed by atoms with Crippen LogP contribution in [0.1, 0.15) is 24.2 Å². The molecule has 0 unspecified atom stereocenters. The topological polar surface area (TPSA) is 55.6 Å². The van der Waals surface area contributed by atoms with Crippen LogP contribution < -0.4 is 5.32 Å². The van der Waals surface area contributed by atoms with Gasteiger partial charge in [-0.2, -0.15) is 0 Å². The maximum atomic E-state index is 4.71. The quantitative estimate of drug-likeness (QED) is 0.783. The van der Waals surface area contributed by atoms with Crippen LogP contribution in [-0.2, 0) is 13.1 Å². The van der Waals surface area contributed by atoms with Gasteiger partial charge in [0.15, 0.2) is 0 Å². The third kappa shape index (κ3) is 2.51. The van der Waals surface area contributed by atoms with Gasteiger partial charge >= 0.3 is 0 Å². The number of hydrogen-bond donors (Lipinski definition) is 1. The average molecular weight is 287 g/mol. The molecule has 20 heavy (non-hydrogen) atoms. The summed E-state index contributed by atoms with van der Waals surface area (Å²) >= 11 is 1.56. The van der Waals surface area contributed by atoms with Gasteiger partial charge < -0.3 is 9.88 Å². The van der Waals surface area contributed by atoms with Crippen LogP contribution in [0.4, 0.5) is 5.13 Å². The Balaban J connectivity index is 1.87. The molecule has 0 fully saturated rings. The maximum Gasteiger partial charge on any atom is 0.206 e. The molecule has 0 bridgehead atoms. The summed E-state index contributed by atoms with van der Waals surface area (Å²) in [4.78, 5) is 4.71. The minimum Gasteiger partial charge on any atom is -0.353 e. The normalized spacial score (nSPS) is 11.1. The van der Waals surface area contributed by atoms with Gasteiger partial charge in [0, 0.05) is 6.54 Å². The number of anilines is 1. The van der Waals surface area contributed by atoms with Crippen molar-refractivity contribution in [2.75, 3.05) is 5.32 Å². The summed E-state index contributed by atoms with van der Waals surface area (Å²) in [7, 11) is 0. The molecule has 0 atom stereocenters. The summed E-state index contributed by atoms with van der Waals surface area (Å²) in [5.41, 5.74) is 2.24. The molecular weight excluding hydrogens is 270 g/mol. The van der Waals surface area contributed by atoms with Crippen LogP contribution in [0.5, 0.6) is 0 Å². The molecule has 0 saturated carbocycles. The molecular formula is C14H17N5S. The Hall–Kier alpha value is -1.95. The number of nitrogens with zero attached hydrogens (tertiary/aromatic N) is 4. The summed E-state index contributed by atoms with van der Waals surface area (Å²) in [6, 6.07) is 8.26. The van der Waals surface area contributed by atoms with Crippen LogP contribution in [0.3, 0.4) is 0 Å². The minimum absolute atomic E-state index is 0.670. The summed E-state index contributed by atoms with van der Waals surface area (Å²) in [5, 5.41) is 13.2. The van der Waals surface area contributed by atoms with Crippen molar-refractivity contribution in [3.63, 3.8) is 0 Å². The van der Waals surface area contributed by atoms with Gasteiger partial charge in [0.2, 0.25) is 5.13 Å². The molecule has 0 amide bonds. The van der Waals surface area contributed by atoms with E-state index in [4.69, 9.17) is 4.98 Å². The first-order chi connectivity index (χ1) is 9.78. The predicted octanol–water partition coefficient (Wildman–Crippen LogP) is 3.22. The summed E-state index contributed by atoms with van der Waals surface area (Å²) in [6.07, 6.45) is 1.09. The highest BCUT2D eigenvalue weighted by atomic mass is 32.1. The van der Waals surface area contributed by atoms with E-state index in [9.17, 15) is 0 Å². The lowest BCUT2D eigenvalue weighted by Crippen LogP contribution is -2.08. The molecule has 3 aromatic rings. The minimum atomic E-state index is 0.670. The highest BCUT2D eigenvalue weighted by Gasteiger charge is 2.10. The molecule has 0 saturated heterocycles. The Bertz CT molecular complexity index is 715. The molecule has 2 aromatic heterocycles. The Labute approximate surface area is 121 Å². The molecule has 0 aliphatic rings. The monoisotopic (exact) mass is 287 g/mol. The molecule has 104 valence electrons. The maximum absolute atomic E-state index is 4.71. The second-order valence-corrected chi connectivity index (χ2v) is 5.83. The van der Waals surface area contributed by atoms with Gasteiger partial charge in [-0.3, -0.25) is 0 Å². The lowest BCUT2D eigenvalue weighted by atomic mass is 10.3. The van der Waals surface area contributed by atoms with Crippen molar-refractivity contribution in [1.82, 2.24) is 19.7 Å². The highest BCUT2D eigenvalue weighted by molar-refractivity contribution is 7.15. The Morgan fingerprint density at radius 2 is 2.10 bits per heavy atom. The molecule has 1 aromatic carbocycles. The number of para-hydroxylation sites is 2. The molecule has 0 aliphatic carbocycles. The van der Waals surface area contributed by atoms with E-state index in [1.165, 1.54) is 5.52 Å². The van der Waals surface area contributed by atoms with E-state index >= 15 is 0 Å². The molecule has 5 nitrogen and oxygen atoms in total. The Morgan fingerprint density at radius 1 is 1.25 bits per heavy atom. The zero-order valence-electron chi connectivity index (χ0n) is 11.6. The van der Waals surface area contributed by atoms with E-state index in [2.05, 4.69) is 45.2 Å². The molecule has 0 spiro atoms. The van der Waals surface area contributed by atoms with Gasteiger partial charge in [-0.05, 0) is 25.5 Å². The fraction of sp³-hybridized carbons (Fsp3) is 0.357. The molecule has 2 heterocycles. The van der Waals surface area contributed by atoms with E-state index in [1.54, 1.807) is 11.3 Å². The van der Waals surface area contributed by atoms with Crippen molar-refractivity contribution < 1.29 is 0 Å². The van der Waals surface area contributed by atoms with E-state index < -0.39 is 0 Å². The van der Waals surface area contributed by atoms with Gasteiger partial charge in [-0.25, -0.2) is 4.98 Å². The van der Waals surface area contributed by atoms with Crippen molar-refractivity contribution in [3.8, 4) is 0 Å². The predicted molar refractivity (Wildman–Crippen MR) is 82.0 cm³/mol. The fourth-order valence-corrected chi connectivity index (χ4v) is 2.84. The van der Waals surface area contributed by atoms with Crippen LogP contribution in [0.2, 0.25) is 0 Å². The number of hydrogen-bond acceptors (Lipinski definition) is 5. The van der Waals surface area contributed by atoms with Crippen LogP contribution in [-0.4, -0.2) is 19.7 Å². The van der Waals surface area contributed by atoms with E-state index in [0.29, 0.717) is 6.54 Å². The first kappa shape index (κ1) is 13.1. The van der Waals surface area contributed by atoms with Crippen molar-refractivity contribution in [2.24, 2.45) is 0 Å². The lowest BCUT2D eigenvalue weighted by Gasteiger charge is -2.07. The summed E-state index contributed by atoms with van der Waals surface area (Å²) < 4.78 is 2.27. The molecule has 0 aliphatic heterocycles. The average Bonchev–Trinajstić information content (AvgIpc) is 3.02. The zero-order valence-corrected chi connectivity index (χ0v) is 12.4. The third-order valence-electron chi connectivity index (χ3n) is 3.10. The largest absolute Gasteiger partial charge is 0.353 e. The highest BCUT2D eigenvalue weighted by Crippen LogP contribution is 2.19. The third-order valence-corrected chi connectivity index (χ3v) is 3.90. The van der Waals surface area contributed by atoms with Crippen LogP contribution >= 0.6 is 11.3 Å². The number of nitrogens with one attached hydrogen (secondary N) is 1. The fourth-order valence-electron chi connectivity index (χ4n) is 2.26. The van der Waals surface area contributed by atoms with Crippen LogP contribution in [0, 0.1) is 6.92 Å². The number of rotatable bonds is 5. The first-order valence-electron chi connectivity index (χ1n) is 6.76. The molecule has 0 radical (unpaired) electrons. The number of fused-ring (bicyclic) bond motifs is 1. The second kappa shape index (κ2) is 5.58. The summed E-state index contributed by atoms with van der Waals surface area (Å²) in [5.74, 6) is 1.04. The smallest absolute Gasteiger partial charge is 0.206 e. The van der Waals surface area contributed by atoms with Crippen molar-refractivity contribution in [3.05, 3.63) is 35.1 Å². The molecule has 1 N–H and O–H groups in total. The van der Waals surface area contributed by atoms with Gasteiger partial charge in [0.25, 0.3) is 0 Å². The van der Waals surface area contributed by atoms with Crippen molar-refractivity contribution >= 4 is 27.5 Å². The van der Waals surface area contributed by atoms with Crippen molar-refractivity contribution in [1.29, 1.82) is 0 Å². The van der Waals surface area contributed by atoms with Crippen LogP contribution in [0.25, 0.3) is 11.0 Å². The van der Waals surface area contributed by atoms with Gasteiger partial charge in [0.1, 0.15) is 10.8 Å². The van der Waals surface area contributed by atoms with E-state index in [1.807, 2.05) is 13.0 Å². The van der Waals surface area contributed by atoms with Gasteiger partial charge in [0.05, 0.1) is 17.6 Å². The van der Waals surface area contributed by atoms with E-state index in [0.717, 1.165) is 34.4 Å². The first-order valence-corrected chi connectivity index (χ1v) is 7.57. The molecule has 3 rings (SSSR count). The second-order valence-electron chi connectivity index (χ2n) is 4.65. The Morgan fingerprint density at radius 3 is 2.85 bits per heavy atom. The number of aromatic nitrogens is 4. The van der Waals surface area contributed by atoms with Gasteiger partial charge in [-0.15, -0.1) is 10.2 Å². The number of benzene rings is 1. The van der Waals surface area contributed by atoms with Crippen molar-refractivity contribution in [2.45, 2.75) is 33.4 Å².